The molecule has 0 radical (unpaired) electrons. The Hall–Kier alpha value is -2.30. The predicted octanol–water partition coefficient (Wildman–Crippen LogP) is 2.29. The van der Waals surface area contributed by atoms with Gasteiger partial charge in [0, 0.05) is 12.2 Å². The van der Waals surface area contributed by atoms with E-state index < -0.39 is 11.9 Å². The lowest BCUT2D eigenvalue weighted by molar-refractivity contribution is -0.131. The normalized spacial score (nSPS) is 12.4. The number of nitrogens with one attached hydrogen (secondary N) is 1. The number of carboxylic acids is 1. The number of aliphatic carboxylic acids is 1. The first-order chi connectivity index (χ1) is 9.38. The van der Waals surface area contributed by atoms with Crippen molar-refractivity contribution in [2.24, 2.45) is 0 Å². The van der Waals surface area contributed by atoms with Crippen molar-refractivity contribution in [3.8, 4) is 5.75 Å². The molecule has 20 heavy (non-hydrogen) atoms. The minimum atomic E-state index is -1.15. The van der Waals surface area contributed by atoms with Crippen LogP contribution in [0.4, 0.5) is 0 Å². The van der Waals surface area contributed by atoms with Crippen molar-refractivity contribution < 1.29 is 19.4 Å². The van der Waals surface area contributed by atoms with Crippen molar-refractivity contribution in [3.63, 3.8) is 0 Å². The highest BCUT2D eigenvalue weighted by Crippen LogP contribution is 2.18. The molecule has 5 nitrogen and oxygen atoms in total. The SMILES string of the molecule is CC(C)Oc1ccc(C(C)NC(=O)/C=C/C(=O)O)cc1. The maximum absolute atomic E-state index is 11.5. The van der Waals surface area contributed by atoms with Crippen LogP contribution in [0.5, 0.6) is 5.75 Å². The third-order valence-electron chi connectivity index (χ3n) is 2.49. The molecule has 0 heterocycles. The maximum Gasteiger partial charge on any atom is 0.328 e. The summed E-state index contributed by atoms with van der Waals surface area (Å²) >= 11 is 0. The van der Waals surface area contributed by atoms with Crippen LogP contribution in [0.3, 0.4) is 0 Å². The predicted molar refractivity (Wildman–Crippen MR) is 75.5 cm³/mol. The Morgan fingerprint density at radius 1 is 1.15 bits per heavy atom. The number of carbonyl (C=O) groups is 2. The van der Waals surface area contributed by atoms with E-state index in [-0.39, 0.29) is 12.1 Å². The minimum absolute atomic E-state index is 0.110. The number of rotatable bonds is 6. The summed E-state index contributed by atoms with van der Waals surface area (Å²) in [5.41, 5.74) is 0.915. The highest BCUT2D eigenvalue weighted by Gasteiger charge is 2.08. The van der Waals surface area contributed by atoms with E-state index in [0.29, 0.717) is 0 Å². The molecule has 0 aromatic heterocycles. The van der Waals surface area contributed by atoms with Gasteiger partial charge in [0.2, 0.25) is 5.91 Å². The molecule has 0 fully saturated rings. The highest BCUT2D eigenvalue weighted by molar-refractivity contribution is 5.94. The Morgan fingerprint density at radius 3 is 2.25 bits per heavy atom. The first-order valence-electron chi connectivity index (χ1n) is 6.36. The zero-order valence-electron chi connectivity index (χ0n) is 11.8. The number of amides is 1. The van der Waals surface area contributed by atoms with Crippen LogP contribution in [0, 0.1) is 0 Å². The standard InChI is InChI=1S/C15H19NO4/c1-10(2)20-13-6-4-12(5-7-13)11(3)16-14(17)8-9-15(18)19/h4-11H,1-3H3,(H,16,17)(H,18,19)/b9-8+. The zero-order valence-corrected chi connectivity index (χ0v) is 11.8. The van der Waals surface area contributed by atoms with E-state index >= 15 is 0 Å². The summed E-state index contributed by atoms with van der Waals surface area (Å²) < 4.78 is 5.53. The summed E-state index contributed by atoms with van der Waals surface area (Å²) in [6.45, 7) is 5.72. The van der Waals surface area contributed by atoms with Crippen molar-refractivity contribution in [2.45, 2.75) is 32.9 Å². The monoisotopic (exact) mass is 277 g/mol. The van der Waals surface area contributed by atoms with E-state index in [2.05, 4.69) is 5.32 Å². The molecule has 0 saturated carbocycles. The lowest BCUT2D eigenvalue weighted by Crippen LogP contribution is -2.24. The molecule has 0 aliphatic heterocycles. The number of hydrogen-bond acceptors (Lipinski definition) is 3. The average molecular weight is 277 g/mol. The molecule has 5 heteroatoms. The lowest BCUT2D eigenvalue weighted by Gasteiger charge is -2.14. The quantitative estimate of drug-likeness (QED) is 0.782. The molecule has 0 spiro atoms. The third-order valence-corrected chi connectivity index (χ3v) is 2.49. The molecule has 1 aromatic rings. The lowest BCUT2D eigenvalue weighted by atomic mass is 10.1. The molecule has 0 aliphatic rings. The van der Waals surface area contributed by atoms with Gasteiger partial charge in [-0.3, -0.25) is 4.79 Å². The second kappa shape index (κ2) is 7.33. The van der Waals surface area contributed by atoms with E-state index in [4.69, 9.17) is 9.84 Å². The molecule has 1 atom stereocenters. The van der Waals surface area contributed by atoms with Crippen LogP contribution in [-0.2, 0) is 9.59 Å². The van der Waals surface area contributed by atoms with Gasteiger partial charge in [-0.05, 0) is 38.5 Å². The second-order valence-corrected chi connectivity index (χ2v) is 4.64. The van der Waals surface area contributed by atoms with Gasteiger partial charge in [-0.15, -0.1) is 0 Å². The molecule has 2 N–H and O–H groups in total. The highest BCUT2D eigenvalue weighted by atomic mass is 16.5. The van der Waals surface area contributed by atoms with Crippen molar-refractivity contribution in [1.82, 2.24) is 5.32 Å². The summed E-state index contributed by atoms with van der Waals surface area (Å²) in [6, 6.07) is 7.19. The Balaban J connectivity index is 2.61. The molecule has 1 amide bonds. The van der Waals surface area contributed by atoms with Gasteiger partial charge in [-0.2, -0.15) is 0 Å². The van der Waals surface area contributed by atoms with Crippen molar-refractivity contribution in [2.75, 3.05) is 0 Å². The van der Waals surface area contributed by atoms with Gasteiger partial charge in [0.05, 0.1) is 12.1 Å². The van der Waals surface area contributed by atoms with Gasteiger partial charge in [-0.1, -0.05) is 12.1 Å². The Bertz CT molecular complexity index is 491. The van der Waals surface area contributed by atoms with Crippen molar-refractivity contribution >= 4 is 11.9 Å². The van der Waals surface area contributed by atoms with Crippen LogP contribution >= 0.6 is 0 Å². The third kappa shape index (κ3) is 5.56. The summed E-state index contributed by atoms with van der Waals surface area (Å²) in [6.07, 6.45) is 1.91. The van der Waals surface area contributed by atoms with Gasteiger partial charge < -0.3 is 15.2 Å². The van der Waals surface area contributed by atoms with Crippen LogP contribution < -0.4 is 10.1 Å². The number of hydrogen-bond donors (Lipinski definition) is 2. The number of ether oxygens (including phenoxy) is 1. The molecule has 108 valence electrons. The smallest absolute Gasteiger partial charge is 0.328 e. The first-order valence-corrected chi connectivity index (χ1v) is 6.36. The summed E-state index contributed by atoms with van der Waals surface area (Å²) in [5, 5.41) is 11.1. The van der Waals surface area contributed by atoms with Crippen molar-refractivity contribution in [3.05, 3.63) is 42.0 Å². The van der Waals surface area contributed by atoms with Crippen LogP contribution in [0.1, 0.15) is 32.4 Å². The fourth-order valence-electron chi connectivity index (χ4n) is 1.60. The minimum Gasteiger partial charge on any atom is -0.491 e. The maximum atomic E-state index is 11.5. The molecule has 1 unspecified atom stereocenters. The molecule has 1 rings (SSSR count). The van der Waals surface area contributed by atoms with Crippen LogP contribution in [0.15, 0.2) is 36.4 Å². The largest absolute Gasteiger partial charge is 0.491 e. The molecule has 1 aromatic carbocycles. The van der Waals surface area contributed by atoms with Gasteiger partial charge in [0.15, 0.2) is 0 Å². The van der Waals surface area contributed by atoms with Crippen molar-refractivity contribution in [1.29, 1.82) is 0 Å². The molecular formula is C15H19NO4. The fraction of sp³-hybridized carbons (Fsp3) is 0.333. The van der Waals surface area contributed by atoms with E-state index in [1.165, 1.54) is 0 Å². The van der Waals surface area contributed by atoms with Gasteiger partial charge >= 0.3 is 5.97 Å². The van der Waals surface area contributed by atoms with E-state index in [1.54, 1.807) is 0 Å². The Kier molecular flexibility index (Phi) is 5.77. The Labute approximate surface area is 118 Å². The topological polar surface area (TPSA) is 75.6 Å². The van der Waals surface area contributed by atoms with Gasteiger partial charge in [0.1, 0.15) is 5.75 Å². The van der Waals surface area contributed by atoms with Gasteiger partial charge in [-0.25, -0.2) is 4.79 Å². The van der Waals surface area contributed by atoms with Crippen LogP contribution in [0.25, 0.3) is 0 Å². The number of carboxylic acid groups (broad SMARTS) is 1. The molecule has 0 saturated heterocycles. The summed E-state index contributed by atoms with van der Waals surface area (Å²) in [7, 11) is 0. The van der Waals surface area contributed by atoms with Crippen LogP contribution in [-0.4, -0.2) is 23.1 Å². The second-order valence-electron chi connectivity index (χ2n) is 4.64. The number of carbonyl (C=O) groups excluding carboxylic acids is 1. The van der Waals surface area contributed by atoms with Crippen LogP contribution in [0.2, 0.25) is 0 Å². The molecule has 0 bridgehead atoms. The first kappa shape index (κ1) is 15.8. The average Bonchev–Trinajstić information content (AvgIpc) is 2.36. The van der Waals surface area contributed by atoms with E-state index in [9.17, 15) is 9.59 Å². The molecular weight excluding hydrogens is 258 g/mol. The number of benzene rings is 1. The Morgan fingerprint density at radius 2 is 1.75 bits per heavy atom. The van der Waals surface area contributed by atoms with Gasteiger partial charge in [0.25, 0.3) is 0 Å². The summed E-state index contributed by atoms with van der Waals surface area (Å²) in [4.78, 5) is 21.8. The zero-order chi connectivity index (χ0) is 15.1. The summed E-state index contributed by atoms with van der Waals surface area (Å²) in [5.74, 6) is -0.821. The van der Waals surface area contributed by atoms with E-state index in [0.717, 1.165) is 23.5 Å². The molecule has 0 aliphatic carbocycles. The fourth-order valence-corrected chi connectivity index (χ4v) is 1.60. The van der Waals surface area contributed by atoms with E-state index in [1.807, 2.05) is 45.0 Å².